The van der Waals surface area contributed by atoms with E-state index in [0.717, 1.165) is 0 Å². The Labute approximate surface area is 204 Å². The molecule has 3 aromatic carbocycles. The van der Waals surface area contributed by atoms with Crippen LogP contribution in [0.4, 0.5) is 5.69 Å². The molecule has 1 N–H and O–H groups in total. The third kappa shape index (κ3) is 6.05. The van der Waals surface area contributed by atoms with E-state index in [2.05, 4.69) is 5.32 Å². The van der Waals surface area contributed by atoms with Crippen LogP contribution in [0, 0.1) is 11.3 Å². The van der Waals surface area contributed by atoms with E-state index in [0.29, 0.717) is 16.9 Å². The predicted molar refractivity (Wildman–Crippen MR) is 128 cm³/mol. The molecule has 6 nitrogen and oxygen atoms in total. The second kappa shape index (κ2) is 10.9. The van der Waals surface area contributed by atoms with Crippen LogP contribution in [0.2, 0.25) is 15.1 Å². The Balaban J connectivity index is 1.76. The molecule has 0 heterocycles. The van der Waals surface area contributed by atoms with Gasteiger partial charge in [-0.05, 0) is 60.2 Å². The molecule has 33 heavy (non-hydrogen) atoms. The first-order chi connectivity index (χ1) is 15.8. The highest BCUT2D eigenvalue weighted by atomic mass is 35.5. The first-order valence-electron chi connectivity index (χ1n) is 9.35. The molecule has 0 aromatic heterocycles. The summed E-state index contributed by atoms with van der Waals surface area (Å²) in [6, 6.07) is 17.5. The lowest BCUT2D eigenvalue weighted by Gasteiger charge is -2.09. The summed E-state index contributed by atoms with van der Waals surface area (Å²) in [5, 5.41) is 12.5. The van der Waals surface area contributed by atoms with Crippen LogP contribution in [0.25, 0.3) is 6.08 Å². The highest BCUT2D eigenvalue weighted by molar-refractivity contribution is 6.40. The minimum absolute atomic E-state index is 0.123. The van der Waals surface area contributed by atoms with Crippen LogP contribution in [0.1, 0.15) is 15.9 Å². The number of methoxy groups -OCH3 is 1. The first kappa shape index (κ1) is 24.1. The summed E-state index contributed by atoms with van der Waals surface area (Å²) in [5.74, 6) is -0.564. The SMILES string of the molecule is COc1ccc(C(=O)Oc2ccc(/C=C(\C#N)C(=O)Nc3c(Cl)cccc3Cl)cc2Cl)cc1. The molecule has 0 radical (unpaired) electrons. The Hall–Kier alpha value is -3.50. The van der Waals surface area contributed by atoms with Gasteiger partial charge in [-0.3, -0.25) is 4.79 Å². The average molecular weight is 502 g/mol. The van der Waals surface area contributed by atoms with Crippen LogP contribution in [-0.4, -0.2) is 19.0 Å². The van der Waals surface area contributed by atoms with E-state index in [9.17, 15) is 14.9 Å². The molecule has 0 fully saturated rings. The quantitative estimate of drug-likeness (QED) is 0.182. The summed E-state index contributed by atoms with van der Waals surface area (Å²) in [5.41, 5.74) is 0.759. The van der Waals surface area contributed by atoms with Crippen molar-refractivity contribution in [2.75, 3.05) is 12.4 Å². The van der Waals surface area contributed by atoms with Crippen molar-refractivity contribution in [1.82, 2.24) is 0 Å². The van der Waals surface area contributed by atoms with Crippen LogP contribution >= 0.6 is 34.8 Å². The molecule has 166 valence electrons. The van der Waals surface area contributed by atoms with Gasteiger partial charge in [0.15, 0.2) is 0 Å². The molecule has 3 aromatic rings. The highest BCUT2D eigenvalue weighted by Crippen LogP contribution is 2.31. The van der Waals surface area contributed by atoms with Gasteiger partial charge >= 0.3 is 5.97 Å². The number of anilines is 1. The number of carbonyl (C=O) groups excluding carboxylic acids is 2. The number of benzene rings is 3. The van der Waals surface area contributed by atoms with Crippen molar-refractivity contribution in [3.05, 3.63) is 92.4 Å². The lowest BCUT2D eigenvalue weighted by molar-refractivity contribution is -0.112. The van der Waals surface area contributed by atoms with Gasteiger partial charge in [0.1, 0.15) is 23.1 Å². The van der Waals surface area contributed by atoms with E-state index in [1.54, 1.807) is 48.5 Å². The molecule has 1 amide bonds. The zero-order valence-corrected chi connectivity index (χ0v) is 19.3. The summed E-state index contributed by atoms with van der Waals surface area (Å²) in [7, 11) is 1.52. The average Bonchev–Trinajstić information content (AvgIpc) is 2.81. The van der Waals surface area contributed by atoms with Crippen LogP contribution in [0.5, 0.6) is 11.5 Å². The van der Waals surface area contributed by atoms with Crippen LogP contribution in [0.15, 0.2) is 66.2 Å². The van der Waals surface area contributed by atoms with Gasteiger partial charge < -0.3 is 14.8 Å². The lowest BCUT2D eigenvalue weighted by atomic mass is 10.1. The van der Waals surface area contributed by atoms with E-state index in [1.165, 1.54) is 25.3 Å². The van der Waals surface area contributed by atoms with Crippen molar-refractivity contribution < 1.29 is 19.1 Å². The van der Waals surface area contributed by atoms with Gasteiger partial charge in [0.25, 0.3) is 5.91 Å². The van der Waals surface area contributed by atoms with Crippen molar-refractivity contribution in [3.63, 3.8) is 0 Å². The lowest BCUT2D eigenvalue weighted by Crippen LogP contribution is -2.14. The first-order valence-corrected chi connectivity index (χ1v) is 10.5. The number of ether oxygens (including phenoxy) is 2. The number of nitrogens with zero attached hydrogens (tertiary/aromatic N) is 1. The van der Waals surface area contributed by atoms with Gasteiger partial charge in [0.05, 0.1) is 33.4 Å². The molecule has 0 atom stereocenters. The Morgan fingerprint density at radius 1 is 0.970 bits per heavy atom. The van der Waals surface area contributed by atoms with Gasteiger partial charge in [0.2, 0.25) is 0 Å². The van der Waals surface area contributed by atoms with Gasteiger partial charge in [-0.25, -0.2) is 4.79 Å². The van der Waals surface area contributed by atoms with Crippen LogP contribution in [-0.2, 0) is 4.79 Å². The number of nitrogens with one attached hydrogen (secondary N) is 1. The van der Waals surface area contributed by atoms with Crippen LogP contribution < -0.4 is 14.8 Å². The molecule has 0 saturated carbocycles. The van der Waals surface area contributed by atoms with Crippen molar-refractivity contribution in [2.24, 2.45) is 0 Å². The second-order valence-electron chi connectivity index (χ2n) is 6.53. The van der Waals surface area contributed by atoms with Crippen molar-refractivity contribution in [3.8, 4) is 17.6 Å². The fourth-order valence-corrected chi connectivity index (χ4v) is 3.41. The second-order valence-corrected chi connectivity index (χ2v) is 7.75. The molecule has 0 unspecified atom stereocenters. The van der Waals surface area contributed by atoms with Gasteiger partial charge in [0, 0.05) is 0 Å². The van der Waals surface area contributed by atoms with Gasteiger partial charge in [-0.2, -0.15) is 5.26 Å². The molecule has 0 aliphatic carbocycles. The van der Waals surface area contributed by atoms with E-state index in [1.807, 2.05) is 6.07 Å². The number of amides is 1. The summed E-state index contributed by atoms with van der Waals surface area (Å²) < 4.78 is 10.4. The largest absolute Gasteiger partial charge is 0.497 e. The maximum atomic E-state index is 12.5. The number of carbonyl (C=O) groups is 2. The molecule has 0 aliphatic rings. The number of rotatable bonds is 6. The number of hydrogen-bond donors (Lipinski definition) is 1. The molecule has 0 bridgehead atoms. The Bertz CT molecular complexity index is 1260. The predicted octanol–water partition coefficient (Wildman–Crippen LogP) is 6.42. The minimum Gasteiger partial charge on any atom is -0.497 e. The summed E-state index contributed by atoms with van der Waals surface area (Å²) >= 11 is 18.3. The van der Waals surface area contributed by atoms with Crippen molar-refractivity contribution in [2.45, 2.75) is 0 Å². The zero-order chi connectivity index (χ0) is 24.0. The van der Waals surface area contributed by atoms with E-state index < -0.39 is 11.9 Å². The van der Waals surface area contributed by atoms with E-state index in [4.69, 9.17) is 44.3 Å². The number of esters is 1. The zero-order valence-electron chi connectivity index (χ0n) is 17.1. The van der Waals surface area contributed by atoms with Crippen molar-refractivity contribution in [1.29, 1.82) is 5.26 Å². The highest BCUT2D eigenvalue weighted by Gasteiger charge is 2.15. The number of nitriles is 1. The Kier molecular flexibility index (Phi) is 7.96. The summed E-state index contributed by atoms with van der Waals surface area (Å²) in [6.07, 6.45) is 1.33. The fraction of sp³-hybridized carbons (Fsp3) is 0.0417. The fourth-order valence-electron chi connectivity index (χ4n) is 2.69. The minimum atomic E-state index is -0.696. The monoisotopic (exact) mass is 500 g/mol. The molecule has 9 heteroatoms. The summed E-state index contributed by atoms with van der Waals surface area (Å²) in [6.45, 7) is 0. The topological polar surface area (TPSA) is 88.4 Å². The molecule has 3 rings (SSSR count). The van der Waals surface area contributed by atoms with E-state index in [-0.39, 0.29) is 32.1 Å². The maximum Gasteiger partial charge on any atom is 0.343 e. The van der Waals surface area contributed by atoms with Gasteiger partial charge in [-0.1, -0.05) is 46.9 Å². The number of halogens is 3. The third-order valence-electron chi connectivity index (χ3n) is 4.36. The molecule has 0 aliphatic heterocycles. The number of para-hydroxylation sites is 1. The maximum absolute atomic E-state index is 12.5. The molecular formula is C24H15Cl3N2O4. The molecule has 0 saturated heterocycles. The third-order valence-corrected chi connectivity index (χ3v) is 5.29. The smallest absolute Gasteiger partial charge is 0.343 e. The van der Waals surface area contributed by atoms with E-state index >= 15 is 0 Å². The van der Waals surface area contributed by atoms with Crippen molar-refractivity contribution >= 4 is 58.4 Å². The number of hydrogen-bond acceptors (Lipinski definition) is 5. The normalized spacial score (nSPS) is 10.8. The Morgan fingerprint density at radius 3 is 2.21 bits per heavy atom. The summed E-state index contributed by atoms with van der Waals surface area (Å²) in [4.78, 5) is 24.9. The molecular weight excluding hydrogens is 487 g/mol. The molecule has 0 spiro atoms. The van der Waals surface area contributed by atoms with Gasteiger partial charge in [-0.15, -0.1) is 0 Å². The standard InChI is InChI=1S/C24H15Cl3N2O4/c1-32-17-8-6-15(7-9-17)24(31)33-21-10-5-14(12-20(21)27)11-16(13-28)23(30)29-22-18(25)3-2-4-19(22)26/h2-12H,1H3,(H,29,30)/b16-11+. The Morgan fingerprint density at radius 2 is 1.64 bits per heavy atom. The van der Waals surface area contributed by atoms with Crippen LogP contribution in [0.3, 0.4) is 0 Å².